The standard InChI is InChI=1S/C15H10N6O13/c22-7-9-10(15(20(31)32,21(33)34)6-8-4-2-1-3-5-8)12(17(25)26)14(19(29)30)13(18(27)28)11(9)16(23)24/h1-5,22H,6-7H2. The largest absolute Gasteiger partial charge is 0.495 e. The van der Waals surface area contributed by atoms with Gasteiger partial charge >= 0.3 is 28.4 Å². The van der Waals surface area contributed by atoms with Crippen LogP contribution in [-0.4, -0.2) is 34.6 Å². The van der Waals surface area contributed by atoms with Gasteiger partial charge in [-0.1, -0.05) is 30.3 Å². The zero-order valence-corrected chi connectivity index (χ0v) is 16.3. The Morgan fingerprint density at radius 1 is 0.647 bits per heavy atom. The van der Waals surface area contributed by atoms with Crippen molar-refractivity contribution in [3.8, 4) is 0 Å². The Morgan fingerprint density at radius 2 is 1.06 bits per heavy atom. The molecule has 0 aliphatic heterocycles. The van der Waals surface area contributed by atoms with Gasteiger partial charge in [0.2, 0.25) is 5.56 Å². The highest BCUT2D eigenvalue weighted by Crippen LogP contribution is 2.52. The van der Waals surface area contributed by atoms with Crippen molar-refractivity contribution in [2.24, 2.45) is 0 Å². The van der Waals surface area contributed by atoms with Crippen molar-refractivity contribution in [3.63, 3.8) is 0 Å². The molecule has 19 heteroatoms. The fourth-order valence-corrected chi connectivity index (χ4v) is 3.40. The predicted molar refractivity (Wildman–Crippen MR) is 105 cm³/mol. The molecule has 2 rings (SSSR count). The number of nitrogens with zero attached hydrogens (tertiary/aromatic N) is 6. The van der Waals surface area contributed by atoms with Gasteiger partial charge in [0.15, 0.2) is 0 Å². The topological polar surface area (TPSA) is 279 Å². The number of aliphatic hydroxyl groups is 1. The van der Waals surface area contributed by atoms with Crippen molar-refractivity contribution in [2.75, 3.05) is 0 Å². The summed E-state index contributed by atoms with van der Waals surface area (Å²) in [7, 11) is 0. The van der Waals surface area contributed by atoms with Gasteiger partial charge in [-0.3, -0.25) is 60.7 Å². The third-order valence-corrected chi connectivity index (χ3v) is 4.68. The van der Waals surface area contributed by atoms with Gasteiger partial charge in [-0.2, -0.15) is 0 Å². The molecule has 0 saturated carbocycles. The van der Waals surface area contributed by atoms with E-state index in [1.165, 1.54) is 18.2 Å². The van der Waals surface area contributed by atoms with Crippen LogP contribution in [0.5, 0.6) is 0 Å². The Balaban J connectivity index is 3.35. The highest BCUT2D eigenvalue weighted by atomic mass is 16.7. The SMILES string of the molecule is O=[N+]([O-])c1c(CO)c(C(Cc2ccccc2)([N+](=O)[O-])[N+](=O)[O-])c([N+](=O)[O-])c([N+](=O)[O-])c1[N+](=O)[O-]. The van der Waals surface area contributed by atoms with E-state index in [1.54, 1.807) is 0 Å². The molecule has 178 valence electrons. The maximum Gasteiger partial charge on any atom is 0.495 e. The summed E-state index contributed by atoms with van der Waals surface area (Å²) < 4.78 is 0. The van der Waals surface area contributed by atoms with Crippen LogP contribution < -0.4 is 0 Å². The van der Waals surface area contributed by atoms with Crippen molar-refractivity contribution in [3.05, 3.63) is 108 Å². The Labute approximate surface area is 184 Å². The van der Waals surface area contributed by atoms with Crippen LogP contribution in [0.3, 0.4) is 0 Å². The molecule has 0 aliphatic carbocycles. The number of rotatable bonds is 10. The van der Waals surface area contributed by atoms with E-state index in [1.807, 2.05) is 0 Å². The molecule has 2 aromatic rings. The highest BCUT2D eigenvalue weighted by molar-refractivity contribution is 5.81. The molecule has 0 unspecified atom stereocenters. The van der Waals surface area contributed by atoms with E-state index in [0.717, 1.165) is 12.1 Å². The second kappa shape index (κ2) is 9.12. The Kier molecular flexibility index (Phi) is 6.72. The van der Waals surface area contributed by atoms with Crippen molar-refractivity contribution >= 4 is 22.7 Å². The van der Waals surface area contributed by atoms with E-state index >= 15 is 0 Å². The lowest BCUT2D eigenvalue weighted by atomic mass is 9.86. The monoisotopic (exact) mass is 482 g/mol. The quantitative estimate of drug-likeness (QED) is 0.287. The van der Waals surface area contributed by atoms with E-state index in [-0.39, 0.29) is 5.56 Å². The molecule has 34 heavy (non-hydrogen) atoms. The molecule has 1 N–H and O–H groups in total. The Morgan fingerprint density at radius 3 is 1.41 bits per heavy atom. The first kappa shape index (κ1) is 25.1. The maximum atomic E-state index is 12.1. The number of hydrogen-bond acceptors (Lipinski definition) is 13. The first-order valence-electron chi connectivity index (χ1n) is 8.57. The van der Waals surface area contributed by atoms with Gasteiger partial charge in [0.1, 0.15) is 16.3 Å². The van der Waals surface area contributed by atoms with Gasteiger partial charge in [0.05, 0.1) is 31.9 Å². The van der Waals surface area contributed by atoms with Crippen molar-refractivity contribution < 1.29 is 34.6 Å². The summed E-state index contributed by atoms with van der Waals surface area (Å²) in [6.07, 6.45) is -1.33. The van der Waals surface area contributed by atoms with Gasteiger partial charge in [0.25, 0.3) is 0 Å². The summed E-state index contributed by atoms with van der Waals surface area (Å²) in [4.78, 5) is 60.3. The molecule has 0 atom stereocenters. The zero-order valence-electron chi connectivity index (χ0n) is 16.3. The molecular formula is C15H10N6O13. The summed E-state index contributed by atoms with van der Waals surface area (Å²) >= 11 is 0. The van der Waals surface area contributed by atoms with Gasteiger partial charge in [0, 0.05) is 0 Å². The molecule has 0 saturated heterocycles. The van der Waals surface area contributed by atoms with E-state index in [4.69, 9.17) is 0 Å². The van der Waals surface area contributed by atoms with Gasteiger partial charge in [-0.05, 0) is 5.56 Å². The predicted octanol–water partition coefficient (Wildman–Crippen LogP) is 1.76. The molecule has 19 nitrogen and oxygen atoms in total. The summed E-state index contributed by atoms with van der Waals surface area (Å²) in [6, 6.07) is 6.22. The van der Waals surface area contributed by atoms with Crippen molar-refractivity contribution in [1.29, 1.82) is 0 Å². The van der Waals surface area contributed by atoms with Crippen LogP contribution in [-0.2, 0) is 18.7 Å². The van der Waals surface area contributed by atoms with Crippen LogP contribution in [0.4, 0.5) is 22.7 Å². The average Bonchev–Trinajstić information content (AvgIpc) is 2.75. The summed E-state index contributed by atoms with van der Waals surface area (Å²) in [6.45, 7) is -1.77. The minimum atomic E-state index is -3.90. The average molecular weight is 482 g/mol. The number of benzene rings is 2. The molecule has 0 amide bonds. The molecular weight excluding hydrogens is 472 g/mol. The molecule has 0 fully saturated rings. The zero-order chi connectivity index (χ0) is 26.0. The molecule has 0 radical (unpaired) electrons. The van der Waals surface area contributed by atoms with Crippen LogP contribution in [0.2, 0.25) is 0 Å². The molecule has 0 heterocycles. The Bertz CT molecular complexity index is 1230. The Hall–Kier alpha value is -5.20. The summed E-state index contributed by atoms with van der Waals surface area (Å²) in [5.41, 5.74) is -15.8. The van der Waals surface area contributed by atoms with Crippen molar-refractivity contribution in [2.45, 2.75) is 18.7 Å². The van der Waals surface area contributed by atoms with Crippen LogP contribution in [0.1, 0.15) is 16.7 Å². The normalized spacial score (nSPS) is 11.0. The second-order valence-corrected chi connectivity index (χ2v) is 6.43. The van der Waals surface area contributed by atoms with Crippen LogP contribution in [0, 0.1) is 60.7 Å². The summed E-state index contributed by atoms with van der Waals surface area (Å²) in [5, 5.41) is 80.3. The number of aliphatic hydroxyl groups excluding tert-OH is 1. The first-order valence-corrected chi connectivity index (χ1v) is 8.57. The van der Waals surface area contributed by atoms with E-state index in [2.05, 4.69) is 0 Å². The van der Waals surface area contributed by atoms with E-state index in [0.29, 0.717) is 0 Å². The first-order chi connectivity index (χ1) is 15.8. The fraction of sp³-hybridized carbons (Fsp3) is 0.200. The minimum absolute atomic E-state index is 0.197. The lowest BCUT2D eigenvalue weighted by molar-refractivity contribution is -0.810. The number of nitro benzene ring substituents is 4. The molecule has 0 aliphatic rings. The third-order valence-electron chi connectivity index (χ3n) is 4.68. The van der Waals surface area contributed by atoms with Crippen LogP contribution in [0.25, 0.3) is 0 Å². The van der Waals surface area contributed by atoms with E-state index in [9.17, 15) is 65.8 Å². The van der Waals surface area contributed by atoms with Crippen molar-refractivity contribution in [1.82, 2.24) is 0 Å². The van der Waals surface area contributed by atoms with E-state index < -0.39 is 82.1 Å². The minimum Gasteiger partial charge on any atom is -0.391 e. The molecule has 0 aromatic heterocycles. The molecule has 2 aromatic carbocycles. The highest BCUT2D eigenvalue weighted by Gasteiger charge is 2.67. The smallest absolute Gasteiger partial charge is 0.391 e. The third kappa shape index (κ3) is 3.88. The van der Waals surface area contributed by atoms with Gasteiger partial charge in [-0.15, -0.1) is 0 Å². The van der Waals surface area contributed by atoms with Gasteiger partial charge in [-0.25, -0.2) is 0 Å². The number of hydrogen-bond donors (Lipinski definition) is 1. The van der Waals surface area contributed by atoms with Crippen LogP contribution >= 0.6 is 0 Å². The molecule has 0 bridgehead atoms. The second-order valence-electron chi connectivity index (χ2n) is 6.43. The molecule has 0 spiro atoms. The number of nitro groups is 6. The summed E-state index contributed by atoms with van der Waals surface area (Å²) in [5.74, 6) is 0. The maximum absolute atomic E-state index is 12.1. The lowest BCUT2D eigenvalue weighted by Crippen LogP contribution is -2.46. The van der Waals surface area contributed by atoms with Gasteiger partial charge < -0.3 is 5.11 Å². The van der Waals surface area contributed by atoms with Crippen LogP contribution in [0.15, 0.2) is 30.3 Å². The fourth-order valence-electron chi connectivity index (χ4n) is 3.40. The lowest BCUT2D eigenvalue weighted by Gasteiger charge is -2.19.